The van der Waals surface area contributed by atoms with Crippen molar-refractivity contribution in [2.45, 2.75) is 33.1 Å². The molecule has 0 aliphatic rings. The zero-order valence-corrected chi connectivity index (χ0v) is 7.76. The van der Waals surface area contributed by atoms with E-state index in [1.807, 2.05) is 0 Å². The molecule has 4 nitrogen and oxygen atoms in total. The monoisotopic (exact) mass is 175 g/mol. The molecule has 0 radical (unpaired) electrons. The predicted octanol–water partition coefficient (Wildman–Crippen LogP) is 1.85. The molecule has 0 aliphatic heterocycles. The van der Waals surface area contributed by atoms with E-state index in [1.165, 1.54) is 0 Å². The minimum Gasteiger partial charge on any atom is -0.448 e. The van der Waals surface area contributed by atoms with Gasteiger partial charge in [0.2, 0.25) is 0 Å². The van der Waals surface area contributed by atoms with E-state index in [0.717, 1.165) is 19.3 Å². The van der Waals surface area contributed by atoms with E-state index >= 15 is 0 Å². The van der Waals surface area contributed by atoms with Gasteiger partial charge in [0.25, 0.3) is 0 Å². The molecule has 0 aromatic carbocycles. The maximum Gasteiger partial charge on any atom is 0.431 e. The van der Waals surface area contributed by atoms with Gasteiger partial charge in [0.05, 0.1) is 13.2 Å². The number of hydroxylamine groups is 1. The number of nitrogens with one attached hydrogen (secondary N) is 1. The fourth-order valence-electron chi connectivity index (χ4n) is 0.695. The van der Waals surface area contributed by atoms with Crippen LogP contribution in [0.2, 0.25) is 0 Å². The molecule has 0 spiro atoms. The van der Waals surface area contributed by atoms with E-state index in [0.29, 0.717) is 13.2 Å². The third-order valence-electron chi connectivity index (χ3n) is 1.28. The molecule has 0 atom stereocenters. The number of hydrogen-bond acceptors (Lipinski definition) is 3. The van der Waals surface area contributed by atoms with E-state index < -0.39 is 6.09 Å². The van der Waals surface area contributed by atoms with Crippen molar-refractivity contribution in [2.75, 3.05) is 13.2 Å². The number of carbonyl (C=O) groups is 1. The molecular formula is C8H17NO3. The second-order valence-corrected chi connectivity index (χ2v) is 2.38. The minimum absolute atomic E-state index is 0.365. The second-order valence-electron chi connectivity index (χ2n) is 2.38. The van der Waals surface area contributed by atoms with E-state index in [1.54, 1.807) is 6.92 Å². The third-order valence-corrected chi connectivity index (χ3v) is 1.28. The summed E-state index contributed by atoms with van der Waals surface area (Å²) >= 11 is 0. The number of carbonyl (C=O) groups excluding carboxylic acids is 1. The van der Waals surface area contributed by atoms with Crippen molar-refractivity contribution in [2.24, 2.45) is 0 Å². The van der Waals surface area contributed by atoms with Crippen LogP contribution in [-0.2, 0) is 9.57 Å². The first-order valence-corrected chi connectivity index (χ1v) is 4.35. The topological polar surface area (TPSA) is 47.6 Å². The highest BCUT2D eigenvalue weighted by molar-refractivity contribution is 5.65. The summed E-state index contributed by atoms with van der Waals surface area (Å²) in [4.78, 5) is 15.4. The fraction of sp³-hybridized carbons (Fsp3) is 0.875. The summed E-state index contributed by atoms with van der Waals surface area (Å²) in [6.45, 7) is 4.77. The van der Waals surface area contributed by atoms with Crippen molar-refractivity contribution in [1.82, 2.24) is 5.48 Å². The summed E-state index contributed by atoms with van der Waals surface area (Å²) in [6.07, 6.45) is 2.70. The lowest BCUT2D eigenvalue weighted by atomic mass is 10.3. The standard InChI is InChI=1S/C8H17NO3/c1-3-5-6-7-12-9-8(10)11-4-2/h3-7H2,1-2H3,(H,9,10). The molecule has 0 unspecified atom stereocenters. The van der Waals surface area contributed by atoms with Crippen molar-refractivity contribution in [3.63, 3.8) is 0 Å². The van der Waals surface area contributed by atoms with Crippen LogP contribution in [0.1, 0.15) is 33.1 Å². The molecule has 0 saturated heterocycles. The predicted molar refractivity (Wildman–Crippen MR) is 45.6 cm³/mol. The molecule has 0 rings (SSSR count). The van der Waals surface area contributed by atoms with Crippen molar-refractivity contribution < 1.29 is 14.4 Å². The summed E-state index contributed by atoms with van der Waals surface area (Å²) in [7, 11) is 0. The molecule has 0 aromatic heterocycles. The van der Waals surface area contributed by atoms with E-state index in [-0.39, 0.29) is 0 Å². The van der Waals surface area contributed by atoms with Crippen LogP contribution in [0.25, 0.3) is 0 Å². The zero-order chi connectivity index (χ0) is 9.23. The molecule has 12 heavy (non-hydrogen) atoms. The van der Waals surface area contributed by atoms with E-state index in [4.69, 9.17) is 4.84 Å². The summed E-state index contributed by atoms with van der Waals surface area (Å²) in [5.41, 5.74) is 2.18. The van der Waals surface area contributed by atoms with Gasteiger partial charge in [-0.3, -0.25) is 4.84 Å². The van der Waals surface area contributed by atoms with Gasteiger partial charge in [-0.2, -0.15) is 5.48 Å². The van der Waals surface area contributed by atoms with Gasteiger partial charge in [0.15, 0.2) is 0 Å². The van der Waals surface area contributed by atoms with Crippen molar-refractivity contribution >= 4 is 6.09 Å². The lowest BCUT2D eigenvalue weighted by Gasteiger charge is -2.04. The molecule has 4 heteroatoms. The Morgan fingerprint density at radius 1 is 1.33 bits per heavy atom. The molecule has 0 aromatic rings. The Bertz CT molecular complexity index is 117. The number of amides is 1. The van der Waals surface area contributed by atoms with Crippen LogP contribution in [0.15, 0.2) is 0 Å². The second kappa shape index (κ2) is 8.33. The van der Waals surface area contributed by atoms with Gasteiger partial charge in [-0.15, -0.1) is 0 Å². The SMILES string of the molecule is CCCCCONC(=O)OCC. The van der Waals surface area contributed by atoms with Gasteiger partial charge in [-0.05, 0) is 13.3 Å². The zero-order valence-electron chi connectivity index (χ0n) is 7.76. The largest absolute Gasteiger partial charge is 0.448 e. The Balaban J connectivity index is 3.03. The molecule has 0 aliphatic carbocycles. The van der Waals surface area contributed by atoms with Crippen LogP contribution in [0, 0.1) is 0 Å². The first kappa shape index (κ1) is 11.2. The summed E-state index contributed by atoms with van der Waals surface area (Å²) in [6, 6.07) is 0. The van der Waals surface area contributed by atoms with Crippen LogP contribution >= 0.6 is 0 Å². The molecule has 72 valence electrons. The van der Waals surface area contributed by atoms with Crippen LogP contribution in [0.4, 0.5) is 4.79 Å². The Hall–Kier alpha value is -0.770. The maximum absolute atomic E-state index is 10.6. The van der Waals surface area contributed by atoms with Crippen LogP contribution in [0.3, 0.4) is 0 Å². The van der Waals surface area contributed by atoms with Crippen LogP contribution in [-0.4, -0.2) is 19.3 Å². The Kier molecular flexibility index (Phi) is 7.79. The van der Waals surface area contributed by atoms with Crippen molar-refractivity contribution in [1.29, 1.82) is 0 Å². The molecule has 1 amide bonds. The highest BCUT2D eigenvalue weighted by atomic mass is 16.7. The average Bonchev–Trinajstić information content (AvgIpc) is 2.05. The minimum atomic E-state index is -0.519. The molecule has 0 bridgehead atoms. The average molecular weight is 175 g/mol. The molecule has 0 heterocycles. The van der Waals surface area contributed by atoms with Crippen LogP contribution < -0.4 is 5.48 Å². The lowest BCUT2D eigenvalue weighted by Crippen LogP contribution is -2.24. The maximum atomic E-state index is 10.6. The van der Waals surface area contributed by atoms with Crippen molar-refractivity contribution in [3.05, 3.63) is 0 Å². The van der Waals surface area contributed by atoms with Crippen LogP contribution in [0.5, 0.6) is 0 Å². The number of hydrogen-bond donors (Lipinski definition) is 1. The van der Waals surface area contributed by atoms with Crippen molar-refractivity contribution in [3.8, 4) is 0 Å². The number of ether oxygens (including phenoxy) is 1. The fourth-order valence-corrected chi connectivity index (χ4v) is 0.695. The lowest BCUT2D eigenvalue weighted by molar-refractivity contribution is 0.0278. The Morgan fingerprint density at radius 2 is 2.08 bits per heavy atom. The number of rotatable bonds is 6. The molecular weight excluding hydrogens is 158 g/mol. The van der Waals surface area contributed by atoms with Gasteiger partial charge in [0.1, 0.15) is 0 Å². The number of unbranched alkanes of at least 4 members (excludes halogenated alkanes) is 2. The molecule has 0 fully saturated rings. The first-order chi connectivity index (χ1) is 5.81. The van der Waals surface area contributed by atoms with Gasteiger partial charge in [-0.1, -0.05) is 19.8 Å². The van der Waals surface area contributed by atoms with Gasteiger partial charge in [0, 0.05) is 0 Å². The highest BCUT2D eigenvalue weighted by Crippen LogP contribution is 1.92. The summed E-state index contributed by atoms with van der Waals surface area (Å²) in [5.74, 6) is 0. The Labute approximate surface area is 73.2 Å². The van der Waals surface area contributed by atoms with Gasteiger partial charge in [-0.25, -0.2) is 4.79 Å². The normalized spacial score (nSPS) is 9.50. The quantitative estimate of drug-likeness (QED) is 0.495. The van der Waals surface area contributed by atoms with Gasteiger partial charge < -0.3 is 4.74 Å². The Morgan fingerprint density at radius 3 is 2.67 bits per heavy atom. The summed E-state index contributed by atoms with van der Waals surface area (Å²) < 4.78 is 4.57. The van der Waals surface area contributed by atoms with E-state index in [2.05, 4.69) is 17.1 Å². The smallest absolute Gasteiger partial charge is 0.431 e. The van der Waals surface area contributed by atoms with E-state index in [9.17, 15) is 4.79 Å². The highest BCUT2D eigenvalue weighted by Gasteiger charge is 1.97. The summed E-state index contributed by atoms with van der Waals surface area (Å²) in [5, 5.41) is 0. The third kappa shape index (κ3) is 7.34. The van der Waals surface area contributed by atoms with Gasteiger partial charge >= 0.3 is 6.09 Å². The first-order valence-electron chi connectivity index (χ1n) is 4.35. The molecule has 0 saturated carbocycles. The molecule has 1 N–H and O–H groups in total.